The summed E-state index contributed by atoms with van der Waals surface area (Å²) in [5, 5.41) is 2.55. The standard InChI is InChI=1S/C17H13Cl2NO5/c1-24-14-5-3-2-4-11(14)16(22)20-15(21)9-25-17(23)12-8-10(18)6-7-13(12)19/h2-8H,9H2,1H3,(H,20,21,22). The van der Waals surface area contributed by atoms with Gasteiger partial charge in [-0.15, -0.1) is 0 Å². The molecule has 1 N–H and O–H groups in total. The van der Waals surface area contributed by atoms with Gasteiger partial charge in [0.25, 0.3) is 11.8 Å². The summed E-state index contributed by atoms with van der Waals surface area (Å²) in [4.78, 5) is 35.8. The van der Waals surface area contributed by atoms with E-state index in [-0.39, 0.29) is 16.1 Å². The lowest BCUT2D eigenvalue weighted by Crippen LogP contribution is -2.34. The fourth-order valence-corrected chi connectivity index (χ4v) is 2.29. The van der Waals surface area contributed by atoms with Crippen molar-refractivity contribution in [3.8, 4) is 5.75 Å². The first kappa shape index (κ1) is 18.8. The third-order valence-corrected chi connectivity index (χ3v) is 3.65. The van der Waals surface area contributed by atoms with Gasteiger partial charge in [0.1, 0.15) is 5.75 Å². The van der Waals surface area contributed by atoms with Gasteiger partial charge in [0.2, 0.25) is 0 Å². The van der Waals surface area contributed by atoms with Gasteiger partial charge in [-0.3, -0.25) is 14.9 Å². The quantitative estimate of drug-likeness (QED) is 0.804. The highest BCUT2D eigenvalue weighted by molar-refractivity contribution is 6.35. The minimum Gasteiger partial charge on any atom is -0.496 e. The smallest absolute Gasteiger partial charge is 0.340 e. The number of nitrogens with one attached hydrogen (secondary N) is 1. The Morgan fingerprint density at radius 1 is 1.04 bits per heavy atom. The van der Waals surface area contributed by atoms with E-state index in [1.807, 2.05) is 0 Å². The van der Waals surface area contributed by atoms with E-state index in [0.717, 1.165) is 0 Å². The van der Waals surface area contributed by atoms with Crippen LogP contribution >= 0.6 is 23.2 Å². The van der Waals surface area contributed by atoms with Crippen molar-refractivity contribution >= 4 is 41.0 Å². The maximum Gasteiger partial charge on any atom is 0.340 e. The Hall–Kier alpha value is -2.57. The van der Waals surface area contributed by atoms with E-state index in [1.54, 1.807) is 18.2 Å². The molecule has 0 atom stereocenters. The molecule has 8 heteroatoms. The molecule has 0 fully saturated rings. The highest BCUT2D eigenvalue weighted by Gasteiger charge is 2.17. The first-order valence-electron chi connectivity index (χ1n) is 7.01. The molecule has 0 saturated carbocycles. The zero-order valence-electron chi connectivity index (χ0n) is 13.0. The third-order valence-electron chi connectivity index (χ3n) is 3.09. The number of para-hydroxylation sites is 1. The lowest BCUT2D eigenvalue weighted by atomic mass is 10.2. The molecule has 0 radical (unpaired) electrons. The molecule has 130 valence electrons. The van der Waals surface area contributed by atoms with Crippen LogP contribution in [0.25, 0.3) is 0 Å². The molecule has 0 saturated heterocycles. The Balaban J connectivity index is 1.95. The second-order valence-corrected chi connectivity index (χ2v) is 5.62. The van der Waals surface area contributed by atoms with Gasteiger partial charge in [-0.2, -0.15) is 0 Å². The zero-order chi connectivity index (χ0) is 18.4. The normalized spacial score (nSPS) is 10.0. The number of benzene rings is 2. The molecule has 0 aliphatic rings. The van der Waals surface area contributed by atoms with Crippen LogP contribution in [0.15, 0.2) is 42.5 Å². The van der Waals surface area contributed by atoms with Crippen LogP contribution in [0, 0.1) is 0 Å². The number of imide groups is 1. The molecule has 2 rings (SSSR count). The highest BCUT2D eigenvalue weighted by atomic mass is 35.5. The van der Waals surface area contributed by atoms with E-state index in [4.69, 9.17) is 32.7 Å². The number of halogens is 2. The molecule has 0 unspecified atom stereocenters. The van der Waals surface area contributed by atoms with Crippen LogP contribution in [0.1, 0.15) is 20.7 Å². The predicted molar refractivity (Wildman–Crippen MR) is 92.2 cm³/mol. The largest absolute Gasteiger partial charge is 0.496 e. The number of carbonyl (C=O) groups excluding carboxylic acids is 3. The lowest BCUT2D eigenvalue weighted by Gasteiger charge is -2.09. The first-order valence-corrected chi connectivity index (χ1v) is 7.77. The van der Waals surface area contributed by atoms with E-state index < -0.39 is 24.4 Å². The summed E-state index contributed by atoms with van der Waals surface area (Å²) < 4.78 is 9.89. The van der Waals surface area contributed by atoms with Gasteiger partial charge in [-0.05, 0) is 30.3 Å². The van der Waals surface area contributed by atoms with Crippen molar-refractivity contribution in [3.63, 3.8) is 0 Å². The van der Waals surface area contributed by atoms with Crippen LogP contribution in [0.3, 0.4) is 0 Å². The second-order valence-electron chi connectivity index (χ2n) is 4.78. The van der Waals surface area contributed by atoms with Crippen LogP contribution in [0.2, 0.25) is 10.0 Å². The van der Waals surface area contributed by atoms with Gasteiger partial charge in [-0.1, -0.05) is 35.3 Å². The summed E-state index contributed by atoms with van der Waals surface area (Å²) in [7, 11) is 1.41. The maximum absolute atomic E-state index is 12.1. The molecule has 0 aromatic heterocycles. The number of rotatable bonds is 5. The molecule has 2 aromatic rings. The maximum atomic E-state index is 12.1. The van der Waals surface area contributed by atoms with Crippen molar-refractivity contribution in [3.05, 3.63) is 63.6 Å². The summed E-state index contributed by atoms with van der Waals surface area (Å²) in [6.07, 6.45) is 0. The van der Waals surface area contributed by atoms with Gasteiger partial charge >= 0.3 is 5.97 Å². The molecule has 6 nitrogen and oxygen atoms in total. The Bertz CT molecular complexity index is 822. The van der Waals surface area contributed by atoms with Gasteiger partial charge in [0.15, 0.2) is 6.61 Å². The topological polar surface area (TPSA) is 81.7 Å². The summed E-state index contributed by atoms with van der Waals surface area (Å²) in [5.41, 5.74) is 0.209. The van der Waals surface area contributed by atoms with E-state index in [2.05, 4.69) is 5.32 Å². The van der Waals surface area contributed by atoms with Gasteiger partial charge < -0.3 is 9.47 Å². The molecule has 2 amide bonds. The molecular formula is C17H13Cl2NO5. The molecule has 0 bridgehead atoms. The Kier molecular flexibility index (Phi) is 6.38. The molecule has 0 aliphatic heterocycles. The van der Waals surface area contributed by atoms with Gasteiger partial charge in [0.05, 0.1) is 23.3 Å². The highest BCUT2D eigenvalue weighted by Crippen LogP contribution is 2.21. The molecule has 0 spiro atoms. The Morgan fingerprint density at radius 2 is 1.76 bits per heavy atom. The minimum absolute atomic E-state index is 0.0259. The number of carbonyl (C=O) groups is 3. The number of amides is 2. The Labute approximate surface area is 153 Å². The fraction of sp³-hybridized carbons (Fsp3) is 0.118. The number of ether oxygens (including phenoxy) is 2. The number of hydrogen-bond acceptors (Lipinski definition) is 5. The average molecular weight is 382 g/mol. The number of hydrogen-bond donors (Lipinski definition) is 1. The van der Waals surface area contributed by atoms with Crippen LogP contribution in [-0.2, 0) is 9.53 Å². The van der Waals surface area contributed by atoms with Crippen molar-refractivity contribution in [2.75, 3.05) is 13.7 Å². The van der Waals surface area contributed by atoms with Gasteiger partial charge in [-0.25, -0.2) is 4.79 Å². The molecule has 2 aromatic carbocycles. The first-order chi connectivity index (χ1) is 11.9. The van der Waals surface area contributed by atoms with Crippen molar-refractivity contribution < 1.29 is 23.9 Å². The van der Waals surface area contributed by atoms with Gasteiger partial charge in [0, 0.05) is 5.02 Å². The number of methoxy groups -OCH3 is 1. The predicted octanol–water partition coefficient (Wildman–Crippen LogP) is 3.12. The summed E-state index contributed by atoms with van der Waals surface area (Å²) in [6, 6.07) is 10.7. The summed E-state index contributed by atoms with van der Waals surface area (Å²) in [6.45, 7) is -0.650. The van der Waals surface area contributed by atoms with Crippen LogP contribution in [0.4, 0.5) is 0 Å². The van der Waals surface area contributed by atoms with Crippen molar-refractivity contribution in [1.82, 2.24) is 5.32 Å². The third kappa shape index (κ3) is 4.95. The average Bonchev–Trinajstić information content (AvgIpc) is 2.61. The lowest BCUT2D eigenvalue weighted by molar-refractivity contribution is -0.123. The van der Waals surface area contributed by atoms with Crippen LogP contribution in [-0.4, -0.2) is 31.5 Å². The van der Waals surface area contributed by atoms with Crippen molar-refractivity contribution in [2.24, 2.45) is 0 Å². The van der Waals surface area contributed by atoms with Crippen molar-refractivity contribution in [1.29, 1.82) is 0 Å². The second kappa shape index (κ2) is 8.50. The molecule has 0 heterocycles. The van der Waals surface area contributed by atoms with Crippen LogP contribution < -0.4 is 10.1 Å². The zero-order valence-corrected chi connectivity index (χ0v) is 14.6. The number of esters is 1. The van der Waals surface area contributed by atoms with Crippen LogP contribution in [0.5, 0.6) is 5.75 Å². The van der Waals surface area contributed by atoms with E-state index in [9.17, 15) is 14.4 Å². The molecule has 25 heavy (non-hydrogen) atoms. The fourth-order valence-electron chi connectivity index (χ4n) is 1.93. The van der Waals surface area contributed by atoms with E-state index in [0.29, 0.717) is 10.8 Å². The Morgan fingerprint density at radius 3 is 2.48 bits per heavy atom. The SMILES string of the molecule is COc1ccccc1C(=O)NC(=O)COC(=O)c1cc(Cl)ccc1Cl. The molecular weight excluding hydrogens is 369 g/mol. The van der Waals surface area contributed by atoms with E-state index in [1.165, 1.54) is 31.4 Å². The van der Waals surface area contributed by atoms with Crippen molar-refractivity contribution in [2.45, 2.75) is 0 Å². The molecule has 0 aliphatic carbocycles. The van der Waals surface area contributed by atoms with E-state index >= 15 is 0 Å². The summed E-state index contributed by atoms with van der Waals surface area (Å²) in [5.74, 6) is -1.97. The summed E-state index contributed by atoms with van der Waals surface area (Å²) >= 11 is 11.7. The minimum atomic E-state index is -0.826. The monoisotopic (exact) mass is 381 g/mol.